The topological polar surface area (TPSA) is 55.2 Å². The van der Waals surface area contributed by atoms with E-state index in [0.29, 0.717) is 16.1 Å². The molecule has 1 unspecified atom stereocenters. The van der Waals surface area contributed by atoms with Crippen LogP contribution in [0.4, 0.5) is 0 Å². The molecule has 0 saturated carbocycles. The molecular weight excluding hydrogens is 334 g/mol. The van der Waals surface area contributed by atoms with Gasteiger partial charge in [0.1, 0.15) is 0 Å². The Morgan fingerprint density at radius 3 is 2.56 bits per heavy atom. The van der Waals surface area contributed by atoms with Gasteiger partial charge in [-0.15, -0.1) is 0 Å². The van der Waals surface area contributed by atoms with Gasteiger partial charge in [0.25, 0.3) is 5.56 Å². The molecule has 1 aromatic carbocycles. The van der Waals surface area contributed by atoms with Gasteiger partial charge in [0.05, 0.1) is 16.2 Å². The number of nitrogens with zero attached hydrogens (tertiary/aromatic N) is 3. The number of thioether (sulfide) groups is 1. The Morgan fingerprint density at radius 2 is 1.88 bits per heavy atom. The zero-order valence-corrected chi connectivity index (χ0v) is 15.9. The van der Waals surface area contributed by atoms with Crippen LogP contribution in [0.25, 0.3) is 10.9 Å². The molecule has 1 aliphatic heterocycles. The third-order valence-electron chi connectivity index (χ3n) is 4.74. The molecule has 134 valence electrons. The number of hydrogen-bond donors (Lipinski definition) is 0. The van der Waals surface area contributed by atoms with Crippen LogP contribution in [0.2, 0.25) is 0 Å². The maximum atomic E-state index is 12.7. The summed E-state index contributed by atoms with van der Waals surface area (Å²) in [5.41, 5.74) is 1.66. The first-order valence-electron chi connectivity index (χ1n) is 8.90. The molecule has 1 aromatic heterocycles. The molecule has 0 radical (unpaired) electrons. The molecule has 1 saturated heterocycles. The number of benzene rings is 1. The van der Waals surface area contributed by atoms with Crippen LogP contribution in [0.1, 0.15) is 38.2 Å². The first-order valence-corrected chi connectivity index (χ1v) is 9.78. The second-order valence-corrected chi connectivity index (χ2v) is 8.09. The Morgan fingerprint density at radius 1 is 1.20 bits per heavy atom. The fraction of sp³-hybridized carbons (Fsp3) is 0.526. The van der Waals surface area contributed by atoms with Crippen molar-refractivity contribution in [1.29, 1.82) is 0 Å². The molecule has 25 heavy (non-hydrogen) atoms. The summed E-state index contributed by atoms with van der Waals surface area (Å²) < 4.78 is 1.55. The Bertz CT molecular complexity index is 838. The molecule has 2 aromatic rings. The molecule has 1 fully saturated rings. The van der Waals surface area contributed by atoms with Crippen LogP contribution in [-0.4, -0.2) is 38.7 Å². The fourth-order valence-electron chi connectivity index (χ4n) is 3.23. The number of carbonyl (C=O) groups is 1. The first-order chi connectivity index (χ1) is 12.0. The highest BCUT2D eigenvalue weighted by atomic mass is 32.2. The van der Waals surface area contributed by atoms with Gasteiger partial charge in [-0.1, -0.05) is 36.2 Å². The SMILES string of the molecule is Cc1ccc2nc(SC(C)C(=O)N3CCCCCC3)n(C)c(=O)c2c1. The number of rotatable bonds is 3. The minimum Gasteiger partial charge on any atom is -0.342 e. The predicted octanol–water partition coefficient (Wildman–Crippen LogP) is 3.13. The zero-order valence-electron chi connectivity index (χ0n) is 15.1. The van der Waals surface area contributed by atoms with Crippen LogP contribution in [0, 0.1) is 6.92 Å². The van der Waals surface area contributed by atoms with Gasteiger partial charge in [-0.25, -0.2) is 4.98 Å². The van der Waals surface area contributed by atoms with Crippen molar-refractivity contribution in [3.63, 3.8) is 0 Å². The number of aromatic nitrogens is 2. The van der Waals surface area contributed by atoms with Gasteiger partial charge in [-0.3, -0.25) is 14.2 Å². The standard InChI is InChI=1S/C19H25N3O2S/c1-13-8-9-16-15(12-13)18(24)21(3)19(20-16)25-14(2)17(23)22-10-6-4-5-7-11-22/h8-9,12,14H,4-7,10-11H2,1-3H3. The van der Waals surface area contributed by atoms with Crippen molar-refractivity contribution >= 4 is 28.6 Å². The summed E-state index contributed by atoms with van der Waals surface area (Å²) in [6, 6.07) is 5.69. The fourth-order valence-corrected chi connectivity index (χ4v) is 4.18. The smallest absolute Gasteiger partial charge is 0.261 e. The number of aryl methyl sites for hydroxylation is 1. The highest BCUT2D eigenvalue weighted by Crippen LogP contribution is 2.24. The van der Waals surface area contributed by atoms with E-state index < -0.39 is 0 Å². The van der Waals surface area contributed by atoms with Crippen LogP contribution < -0.4 is 5.56 Å². The van der Waals surface area contributed by atoms with Crippen LogP contribution in [0.3, 0.4) is 0 Å². The summed E-state index contributed by atoms with van der Waals surface area (Å²) in [6.45, 7) is 5.55. The quantitative estimate of drug-likeness (QED) is 0.624. The Balaban J connectivity index is 1.84. The van der Waals surface area contributed by atoms with Crippen LogP contribution in [0.15, 0.2) is 28.2 Å². The van der Waals surface area contributed by atoms with Gasteiger partial charge in [0, 0.05) is 20.1 Å². The highest BCUT2D eigenvalue weighted by molar-refractivity contribution is 8.00. The van der Waals surface area contributed by atoms with Crippen molar-refractivity contribution in [2.24, 2.45) is 7.05 Å². The second-order valence-electron chi connectivity index (χ2n) is 6.78. The van der Waals surface area contributed by atoms with Crippen molar-refractivity contribution < 1.29 is 4.79 Å². The van der Waals surface area contributed by atoms with E-state index in [4.69, 9.17) is 0 Å². The van der Waals surface area contributed by atoms with Crippen LogP contribution >= 0.6 is 11.8 Å². The molecule has 5 nitrogen and oxygen atoms in total. The van der Waals surface area contributed by atoms with Crippen LogP contribution in [-0.2, 0) is 11.8 Å². The van der Waals surface area contributed by atoms with Gasteiger partial charge in [-0.05, 0) is 38.8 Å². The average Bonchev–Trinajstić information content (AvgIpc) is 2.88. The third-order valence-corrected chi connectivity index (χ3v) is 5.87. The molecule has 3 rings (SSSR count). The van der Waals surface area contributed by atoms with Crippen molar-refractivity contribution in [1.82, 2.24) is 14.5 Å². The van der Waals surface area contributed by atoms with E-state index in [1.54, 1.807) is 11.6 Å². The van der Waals surface area contributed by atoms with Crippen molar-refractivity contribution in [2.75, 3.05) is 13.1 Å². The lowest BCUT2D eigenvalue weighted by atomic mass is 10.2. The van der Waals surface area contributed by atoms with Gasteiger partial charge in [0.2, 0.25) is 5.91 Å². The largest absolute Gasteiger partial charge is 0.342 e. The van der Waals surface area contributed by atoms with E-state index in [1.165, 1.54) is 24.6 Å². The molecule has 6 heteroatoms. The number of fused-ring (bicyclic) bond motifs is 1. The molecule has 0 aliphatic carbocycles. The van der Waals surface area contributed by atoms with Gasteiger partial charge in [-0.2, -0.15) is 0 Å². The molecular formula is C19H25N3O2S. The second kappa shape index (κ2) is 7.60. The third kappa shape index (κ3) is 3.89. The maximum Gasteiger partial charge on any atom is 0.261 e. The van der Waals surface area contributed by atoms with Crippen molar-refractivity contribution in [2.45, 2.75) is 49.9 Å². The van der Waals surface area contributed by atoms with E-state index in [0.717, 1.165) is 31.5 Å². The summed E-state index contributed by atoms with van der Waals surface area (Å²) in [4.78, 5) is 31.9. The lowest BCUT2D eigenvalue weighted by molar-refractivity contribution is -0.130. The molecule has 0 spiro atoms. The maximum absolute atomic E-state index is 12.7. The monoisotopic (exact) mass is 359 g/mol. The normalized spacial score (nSPS) is 16.7. The van der Waals surface area contributed by atoms with E-state index in [2.05, 4.69) is 4.98 Å². The van der Waals surface area contributed by atoms with Crippen LogP contribution in [0.5, 0.6) is 0 Å². The minimum absolute atomic E-state index is 0.0642. The predicted molar refractivity (Wildman–Crippen MR) is 102 cm³/mol. The number of hydrogen-bond acceptors (Lipinski definition) is 4. The highest BCUT2D eigenvalue weighted by Gasteiger charge is 2.24. The summed E-state index contributed by atoms with van der Waals surface area (Å²) in [6.07, 6.45) is 4.56. The molecule has 2 heterocycles. The Labute approximate surface area is 152 Å². The van der Waals surface area contributed by atoms with Gasteiger partial charge >= 0.3 is 0 Å². The molecule has 1 aliphatic rings. The van der Waals surface area contributed by atoms with Gasteiger partial charge in [0.15, 0.2) is 5.16 Å². The number of carbonyl (C=O) groups excluding carboxylic acids is 1. The molecule has 0 N–H and O–H groups in total. The summed E-state index contributed by atoms with van der Waals surface area (Å²) in [5, 5.41) is 0.967. The lowest BCUT2D eigenvalue weighted by Gasteiger charge is -2.24. The van der Waals surface area contributed by atoms with Gasteiger partial charge < -0.3 is 4.90 Å². The van der Waals surface area contributed by atoms with E-state index in [-0.39, 0.29) is 16.7 Å². The Hall–Kier alpha value is -1.82. The molecule has 0 bridgehead atoms. The summed E-state index contributed by atoms with van der Waals surface area (Å²) >= 11 is 1.37. The van der Waals surface area contributed by atoms with E-state index in [9.17, 15) is 9.59 Å². The van der Waals surface area contributed by atoms with Crippen molar-refractivity contribution in [3.05, 3.63) is 34.1 Å². The lowest BCUT2D eigenvalue weighted by Crippen LogP contribution is -2.37. The average molecular weight is 359 g/mol. The minimum atomic E-state index is -0.251. The first kappa shape index (κ1) is 18.0. The van der Waals surface area contributed by atoms with E-state index in [1.807, 2.05) is 36.9 Å². The van der Waals surface area contributed by atoms with Crippen molar-refractivity contribution in [3.8, 4) is 0 Å². The number of amides is 1. The Kier molecular flexibility index (Phi) is 5.47. The number of likely N-dealkylation sites (tertiary alicyclic amines) is 1. The zero-order chi connectivity index (χ0) is 18.0. The summed E-state index contributed by atoms with van der Waals surface area (Å²) in [7, 11) is 1.72. The molecule has 1 amide bonds. The molecule has 1 atom stereocenters. The van der Waals surface area contributed by atoms with E-state index >= 15 is 0 Å². The summed E-state index contributed by atoms with van der Waals surface area (Å²) in [5.74, 6) is 0.144.